The molecule has 5 aliphatic rings. The summed E-state index contributed by atoms with van der Waals surface area (Å²) >= 11 is 0. The molecule has 5 aliphatic carbocycles. The number of aromatic nitrogens is 1. The Morgan fingerprint density at radius 2 is 1.10 bits per heavy atom. The predicted octanol–water partition coefficient (Wildman–Crippen LogP) is 12.1. The third-order valence-electron chi connectivity index (χ3n) is 13.2. The monoisotopic (exact) mass is 617 g/mol. The lowest BCUT2D eigenvalue weighted by molar-refractivity contribution is -0.0399. The quantitative estimate of drug-likeness (QED) is 0.189. The summed E-state index contributed by atoms with van der Waals surface area (Å²) < 4.78 is 8.90. The van der Waals surface area contributed by atoms with Crippen LogP contribution >= 0.6 is 0 Å². The van der Waals surface area contributed by atoms with Crippen molar-refractivity contribution in [1.29, 1.82) is 0 Å². The number of nitrogens with zero attached hydrogens (tertiary/aromatic N) is 1. The Morgan fingerprint density at radius 1 is 0.479 bits per heavy atom. The van der Waals surface area contributed by atoms with Gasteiger partial charge in [-0.2, -0.15) is 0 Å². The number of fused-ring (bicyclic) bond motifs is 9. The molecule has 1 spiro atoms. The van der Waals surface area contributed by atoms with E-state index in [0.29, 0.717) is 0 Å². The molecule has 2 heteroatoms. The first-order chi connectivity index (χ1) is 23.8. The largest absolute Gasteiger partial charge is 0.456 e. The number of hydrogen-bond donors (Lipinski definition) is 0. The minimum absolute atomic E-state index is 0.150. The zero-order chi connectivity index (χ0) is 31.1. The van der Waals surface area contributed by atoms with Crippen molar-refractivity contribution in [2.24, 2.45) is 23.7 Å². The number of rotatable bonds is 2. The molecule has 0 atom stereocenters. The molecule has 0 amide bonds. The molecule has 0 aliphatic heterocycles. The highest BCUT2D eigenvalue weighted by Gasteiger charge is 2.61. The van der Waals surface area contributed by atoms with E-state index in [9.17, 15) is 0 Å². The average molecular weight is 618 g/mol. The maximum atomic E-state index is 6.35. The fourth-order valence-electron chi connectivity index (χ4n) is 11.8. The molecule has 4 fully saturated rings. The van der Waals surface area contributed by atoms with E-state index in [-0.39, 0.29) is 5.41 Å². The summed E-state index contributed by atoms with van der Waals surface area (Å²) in [6, 6.07) is 47.8. The standard InChI is InChI=1S/C46H35NO/c1-4-14-38-32(9-1)33-20-19-31(26-39(33)46(38)29-22-27-21-28(24-29)25-30(46)23-27)47-40-15-5-2-10-36(40)44-34(12-7-16-41(44)47)35-13-8-18-43-45(35)37-11-3-6-17-42(37)48-43/h1-20,26-30H,21-25H2. The first-order valence-electron chi connectivity index (χ1n) is 17.9. The predicted molar refractivity (Wildman–Crippen MR) is 197 cm³/mol. The summed E-state index contributed by atoms with van der Waals surface area (Å²) in [5, 5.41) is 4.96. The van der Waals surface area contributed by atoms with Gasteiger partial charge in [0.2, 0.25) is 0 Å². The summed E-state index contributed by atoms with van der Waals surface area (Å²) in [6.07, 6.45) is 7.08. The highest BCUT2D eigenvalue weighted by molar-refractivity contribution is 6.21. The van der Waals surface area contributed by atoms with Crippen LogP contribution < -0.4 is 0 Å². The molecule has 4 saturated carbocycles. The van der Waals surface area contributed by atoms with E-state index in [2.05, 4.69) is 132 Å². The molecular weight excluding hydrogens is 583 g/mol. The Hall–Kier alpha value is -5.08. The number of furan rings is 1. The first kappa shape index (κ1) is 25.9. The molecule has 8 aromatic rings. The maximum Gasteiger partial charge on any atom is 0.136 e. The number of para-hydroxylation sites is 2. The lowest BCUT2D eigenvalue weighted by Gasteiger charge is -2.61. The van der Waals surface area contributed by atoms with E-state index < -0.39 is 0 Å². The Kier molecular flexibility index (Phi) is 4.91. The van der Waals surface area contributed by atoms with Crippen LogP contribution in [0.15, 0.2) is 132 Å². The van der Waals surface area contributed by atoms with Crippen molar-refractivity contribution in [3.05, 3.63) is 139 Å². The van der Waals surface area contributed by atoms with Gasteiger partial charge in [-0.1, -0.05) is 91.0 Å². The van der Waals surface area contributed by atoms with Crippen LogP contribution in [0.5, 0.6) is 0 Å². The fraction of sp³-hybridized carbons (Fsp3) is 0.217. The van der Waals surface area contributed by atoms with Gasteiger partial charge in [-0.25, -0.2) is 0 Å². The fourth-order valence-corrected chi connectivity index (χ4v) is 11.8. The summed E-state index contributed by atoms with van der Waals surface area (Å²) in [5.41, 5.74) is 14.5. The molecule has 4 bridgehead atoms. The molecule has 230 valence electrons. The van der Waals surface area contributed by atoms with Crippen LogP contribution in [0, 0.1) is 23.7 Å². The SMILES string of the molecule is c1ccc2c(c1)-c1ccc(-n3c4ccccc4c4c(-c5cccc6oc7ccccc7c56)cccc43)cc1C21C2CC3CC(C2)CC1C3. The smallest absolute Gasteiger partial charge is 0.136 e. The van der Waals surface area contributed by atoms with Gasteiger partial charge in [0.25, 0.3) is 0 Å². The van der Waals surface area contributed by atoms with E-state index in [1.54, 1.807) is 11.1 Å². The van der Waals surface area contributed by atoms with Crippen molar-refractivity contribution >= 4 is 43.7 Å². The molecule has 2 heterocycles. The van der Waals surface area contributed by atoms with Gasteiger partial charge in [0.1, 0.15) is 11.2 Å². The number of hydrogen-bond acceptors (Lipinski definition) is 1. The Balaban J connectivity index is 1.13. The third kappa shape index (κ3) is 3.10. The van der Waals surface area contributed by atoms with Gasteiger partial charge in [-0.05, 0) is 126 Å². The van der Waals surface area contributed by atoms with Gasteiger partial charge in [-0.15, -0.1) is 0 Å². The average Bonchev–Trinajstić information content (AvgIpc) is 3.77. The topological polar surface area (TPSA) is 18.1 Å². The van der Waals surface area contributed by atoms with Gasteiger partial charge in [0.05, 0.1) is 11.0 Å². The summed E-state index contributed by atoms with van der Waals surface area (Å²) in [4.78, 5) is 0. The van der Waals surface area contributed by atoms with Crippen molar-refractivity contribution in [3.8, 4) is 27.9 Å². The van der Waals surface area contributed by atoms with Crippen molar-refractivity contribution in [1.82, 2.24) is 4.57 Å². The lowest BCUT2D eigenvalue weighted by Crippen LogP contribution is -2.55. The molecule has 13 rings (SSSR count). The molecule has 48 heavy (non-hydrogen) atoms. The Labute approximate surface area is 279 Å². The van der Waals surface area contributed by atoms with Crippen molar-refractivity contribution in [2.45, 2.75) is 37.5 Å². The maximum absolute atomic E-state index is 6.35. The third-order valence-corrected chi connectivity index (χ3v) is 13.2. The van der Waals surface area contributed by atoms with E-state index in [4.69, 9.17) is 4.42 Å². The zero-order valence-corrected chi connectivity index (χ0v) is 26.8. The summed E-state index contributed by atoms with van der Waals surface area (Å²) in [6.45, 7) is 0. The molecule has 0 radical (unpaired) electrons. The Morgan fingerprint density at radius 3 is 1.96 bits per heavy atom. The Bertz CT molecular complexity index is 2620. The van der Waals surface area contributed by atoms with E-state index in [0.717, 1.165) is 34.8 Å². The molecule has 2 nitrogen and oxygen atoms in total. The minimum Gasteiger partial charge on any atom is -0.456 e. The van der Waals surface area contributed by atoms with E-state index >= 15 is 0 Å². The van der Waals surface area contributed by atoms with Crippen LogP contribution in [-0.2, 0) is 5.41 Å². The van der Waals surface area contributed by atoms with Crippen LogP contribution in [0.1, 0.15) is 43.2 Å². The summed E-state index contributed by atoms with van der Waals surface area (Å²) in [7, 11) is 0. The second-order valence-electron chi connectivity index (χ2n) is 15.3. The van der Waals surface area contributed by atoms with E-state index in [1.807, 2.05) is 0 Å². The van der Waals surface area contributed by atoms with E-state index in [1.165, 1.54) is 92.6 Å². The van der Waals surface area contributed by atoms with Crippen molar-refractivity contribution < 1.29 is 4.42 Å². The second kappa shape index (κ2) is 9.08. The lowest BCUT2D eigenvalue weighted by atomic mass is 9.43. The highest BCUT2D eigenvalue weighted by Crippen LogP contribution is 2.69. The van der Waals surface area contributed by atoms with Crippen LogP contribution in [0.25, 0.3) is 71.7 Å². The van der Waals surface area contributed by atoms with Crippen LogP contribution in [-0.4, -0.2) is 4.57 Å². The summed E-state index contributed by atoms with van der Waals surface area (Å²) in [5.74, 6) is 3.37. The molecule has 2 aromatic heterocycles. The van der Waals surface area contributed by atoms with Gasteiger partial charge >= 0.3 is 0 Å². The first-order valence-corrected chi connectivity index (χ1v) is 17.9. The highest BCUT2D eigenvalue weighted by atomic mass is 16.3. The van der Waals surface area contributed by atoms with Gasteiger partial charge in [-0.3, -0.25) is 0 Å². The molecule has 0 saturated heterocycles. The zero-order valence-electron chi connectivity index (χ0n) is 26.8. The molecule has 0 unspecified atom stereocenters. The van der Waals surface area contributed by atoms with Crippen molar-refractivity contribution in [2.75, 3.05) is 0 Å². The van der Waals surface area contributed by atoms with Crippen LogP contribution in [0.3, 0.4) is 0 Å². The van der Waals surface area contributed by atoms with Gasteiger partial charge in [0, 0.05) is 32.6 Å². The molecule has 6 aromatic carbocycles. The van der Waals surface area contributed by atoms with Crippen LogP contribution in [0.2, 0.25) is 0 Å². The van der Waals surface area contributed by atoms with Crippen LogP contribution in [0.4, 0.5) is 0 Å². The van der Waals surface area contributed by atoms with Crippen molar-refractivity contribution in [3.63, 3.8) is 0 Å². The molecule has 0 N–H and O–H groups in total. The molecular formula is C46H35NO. The second-order valence-corrected chi connectivity index (χ2v) is 15.3. The van der Waals surface area contributed by atoms with Gasteiger partial charge in [0.15, 0.2) is 0 Å². The van der Waals surface area contributed by atoms with Gasteiger partial charge < -0.3 is 8.98 Å². The normalized spacial score (nSPS) is 25.2. The number of benzene rings is 6. The minimum atomic E-state index is 0.150.